The van der Waals surface area contributed by atoms with Gasteiger partial charge in [-0.2, -0.15) is 0 Å². The van der Waals surface area contributed by atoms with Crippen molar-refractivity contribution in [3.63, 3.8) is 0 Å². The van der Waals surface area contributed by atoms with E-state index in [0.29, 0.717) is 16.7 Å². The van der Waals surface area contributed by atoms with Gasteiger partial charge in [0.15, 0.2) is 0 Å². The molecule has 1 heterocycles. The van der Waals surface area contributed by atoms with Crippen molar-refractivity contribution in [1.29, 1.82) is 0 Å². The molecule has 4 rings (SSSR count). The maximum atomic E-state index is 13.3. The molecule has 0 saturated carbocycles. The molecule has 4 heteroatoms. The van der Waals surface area contributed by atoms with Crippen molar-refractivity contribution >= 4 is 39.0 Å². The number of hydrogen-bond acceptors (Lipinski definition) is 2. The molecule has 0 atom stereocenters. The van der Waals surface area contributed by atoms with Gasteiger partial charge in [0.2, 0.25) is 0 Å². The van der Waals surface area contributed by atoms with Crippen LogP contribution in [0.25, 0.3) is 28.7 Å². The van der Waals surface area contributed by atoms with Crippen molar-refractivity contribution in [2.45, 2.75) is 6.92 Å². The lowest BCUT2D eigenvalue weighted by atomic mass is 10.2. The first-order valence-corrected chi connectivity index (χ1v) is 9.43. The van der Waals surface area contributed by atoms with Gasteiger partial charge in [-0.15, -0.1) is 0 Å². The molecule has 0 aliphatic heterocycles. The second-order valence-corrected chi connectivity index (χ2v) is 7.27. The molecule has 0 saturated heterocycles. The molecule has 4 aromatic rings. The monoisotopic (exact) mass is 416 g/mol. The summed E-state index contributed by atoms with van der Waals surface area (Å²) in [7, 11) is 0. The zero-order chi connectivity index (χ0) is 18.8. The average Bonchev–Trinajstić information content (AvgIpc) is 2.68. The third-order valence-electron chi connectivity index (χ3n) is 4.34. The molecule has 27 heavy (non-hydrogen) atoms. The van der Waals surface area contributed by atoms with Crippen molar-refractivity contribution in [1.82, 2.24) is 9.55 Å². The molecule has 0 unspecified atom stereocenters. The van der Waals surface area contributed by atoms with Gasteiger partial charge in [-0.05, 0) is 54.5 Å². The van der Waals surface area contributed by atoms with E-state index in [2.05, 4.69) is 15.9 Å². The molecular formula is C23H17BrN2O. The Hall–Kier alpha value is -2.98. The summed E-state index contributed by atoms with van der Waals surface area (Å²) in [6.07, 6.45) is 3.86. The van der Waals surface area contributed by atoms with E-state index in [9.17, 15) is 4.79 Å². The summed E-state index contributed by atoms with van der Waals surface area (Å²) in [5.74, 6) is 0.601. The Bertz CT molecular complexity index is 1210. The van der Waals surface area contributed by atoms with E-state index in [4.69, 9.17) is 4.98 Å². The standard InChI is InChI=1S/C23H17BrN2O/c1-16-6-5-9-19(14-16)26-22(13-10-17-7-3-2-4-8-17)25-21-12-11-18(24)15-20(21)23(26)27/h2-15H,1H3. The fourth-order valence-corrected chi connectivity index (χ4v) is 3.40. The number of benzene rings is 3. The summed E-state index contributed by atoms with van der Waals surface area (Å²) in [6.45, 7) is 2.01. The van der Waals surface area contributed by atoms with Gasteiger partial charge in [-0.1, -0.05) is 64.5 Å². The molecule has 132 valence electrons. The minimum atomic E-state index is -0.0837. The third kappa shape index (κ3) is 3.62. The van der Waals surface area contributed by atoms with Crippen molar-refractivity contribution in [3.05, 3.63) is 105 Å². The first-order chi connectivity index (χ1) is 13.1. The summed E-state index contributed by atoms with van der Waals surface area (Å²) in [4.78, 5) is 18.0. The molecule has 0 fully saturated rings. The number of aryl methyl sites for hydroxylation is 1. The van der Waals surface area contributed by atoms with Crippen LogP contribution in [-0.2, 0) is 0 Å². The van der Waals surface area contributed by atoms with Crippen LogP contribution in [0.5, 0.6) is 0 Å². The van der Waals surface area contributed by atoms with Crippen LogP contribution in [0.15, 0.2) is 82.1 Å². The normalized spacial score (nSPS) is 11.3. The lowest BCUT2D eigenvalue weighted by molar-refractivity contribution is 0.942. The van der Waals surface area contributed by atoms with Crippen LogP contribution >= 0.6 is 15.9 Å². The predicted molar refractivity (Wildman–Crippen MR) is 115 cm³/mol. The summed E-state index contributed by atoms with van der Waals surface area (Å²) in [6, 6.07) is 23.5. The highest BCUT2D eigenvalue weighted by atomic mass is 79.9. The first-order valence-electron chi connectivity index (χ1n) is 8.64. The van der Waals surface area contributed by atoms with E-state index in [-0.39, 0.29) is 5.56 Å². The molecule has 0 amide bonds. The van der Waals surface area contributed by atoms with Crippen LogP contribution in [0.3, 0.4) is 0 Å². The smallest absolute Gasteiger partial charge is 0.266 e. The van der Waals surface area contributed by atoms with E-state index in [1.165, 1.54) is 0 Å². The number of rotatable bonds is 3. The maximum Gasteiger partial charge on any atom is 0.266 e. The number of aromatic nitrogens is 2. The molecule has 3 aromatic carbocycles. The lowest BCUT2D eigenvalue weighted by Crippen LogP contribution is -2.22. The number of fused-ring (bicyclic) bond motifs is 1. The summed E-state index contributed by atoms with van der Waals surface area (Å²) in [5.41, 5.74) is 3.55. The highest BCUT2D eigenvalue weighted by Crippen LogP contribution is 2.19. The molecule has 1 aromatic heterocycles. The Balaban J connectivity index is 1.98. The Morgan fingerprint density at radius 3 is 2.52 bits per heavy atom. The number of nitrogens with zero attached hydrogens (tertiary/aromatic N) is 2. The van der Waals surface area contributed by atoms with Gasteiger partial charge >= 0.3 is 0 Å². The maximum absolute atomic E-state index is 13.3. The summed E-state index contributed by atoms with van der Waals surface area (Å²) in [5, 5.41) is 0.586. The second-order valence-electron chi connectivity index (χ2n) is 6.36. The van der Waals surface area contributed by atoms with Crippen LogP contribution in [0.4, 0.5) is 0 Å². The van der Waals surface area contributed by atoms with Crippen molar-refractivity contribution in [3.8, 4) is 5.69 Å². The molecule has 0 radical (unpaired) electrons. The molecule has 0 spiro atoms. The van der Waals surface area contributed by atoms with E-state index in [1.807, 2.05) is 91.9 Å². The van der Waals surface area contributed by atoms with Gasteiger partial charge < -0.3 is 0 Å². The Morgan fingerprint density at radius 1 is 0.926 bits per heavy atom. The van der Waals surface area contributed by atoms with Gasteiger partial charge in [0.05, 0.1) is 16.6 Å². The third-order valence-corrected chi connectivity index (χ3v) is 4.83. The Kier molecular flexibility index (Phi) is 4.73. The Morgan fingerprint density at radius 2 is 1.74 bits per heavy atom. The fraction of sp³-hybridized carbons (Fsp3) is 0.0435. The minimum absolute atomic E-state index is 0.0837. The highest BCUT2D eigenvalue weighted by molar-refractivity contribution is 9.10. The van der Waals surface area contributed by atoms with Crippen LogP contribution in [-0.4, -0.2) is 9.55 Å². The molecule has 0 aliphatic carbocycles. The van der Waals surface area contributed by atoms with E-state index < -0.39 is 0 Å². The van der Waals surface area contributed by atoms with Crippen LogP contribution in [0, 0.1) is 6.92 Å². The van der Waals surface area contributed by atoms with Gasteiger partial charge in [-0.3, -0.25) is 9.36 Å². The lowest BCUT2D eigenvalue weighted by Gasteiger charge is -2.12. The van der Waals surface area contributed by atoms with Gasteiger partial charge in [0.1, 0.15) is 5.82 Å². The zero-order valence-electron chi connectivity index (χ0n) is 14.8. The van der Waals surface area contributed by atoms with Crippen molar-refractivity contribution in [2.24, 2.45) is 0 Å². The van der Waals surface area contributed by atoms with Gasteiger partial charge in [0.25, 0.3) is 5.56 Å². The van der Waals surface area contributed by atoms with Crippen LogP contribution < -0.4 is 5.56 Å². The van der Waals surface area contributed by atoms with E-state index in [1.54, 1.807) is 4.57 Å². The topological polar surface area (TPSA) is 34.9 Å². The molecule has 0 aliphatic rings. The van der Waals surface area contributed by atoms with E-state index >= 15 is 0 Å². The van der Waals surface area contributed by atoms with Crippen LogP contribution in [0.2, 0.25) is 0 Å². The van der Waals surface area contributed by atoms with Crippen molar-refractivity contribution in [2.75, 3.05) is 0 Å². The average molecular weight is 417 g/mol. The number of hydrogen-bond donors (Lipinski definition) is 0. The Labute approximate surface area is 165 Å². The highest BCUT2D eigenvalue weighted by Gasteiger charge is 2.11. The first kappa shape index (κ1) is 17.4. The quantitative estimate of drug-likeness (QED) is 0.433. The van der Waals surface area contributed by atoms with Crippen molar-refractivity contribution < 1.29 is 0 Å². The molecule has 0 N–H and O–H groups in total. The molecule has 0 bridgehead atoms. The molecular weight excluding hydrogens is 400 g/mol. The van der Waals surface area contributed by atoms with Gasteiger partial charge in [-0.25, -0.2) is 4.98 Å². The second kappa shape index (κ2) is 7.33. The number of halogens is 1. The summed E-state index contributed by atoms with van der Waals surface area (Å²) >= 11 is 3.45. The van der Waals surface area contributed by atoms with E-state index in [0.717, 1.165) is 21.3 Å². The SMILES string of the molecule is Cc1cccc(-n2c(C=Cc3ccccc3)nc3ccc(Br)cc3c2=O)c1. The summed E-state index contributed by atoms with van der Waals surface area (Å²) < 4.78 is 2.53. The largest absolute Gasteiger partial charge is 0.268 e. The zero-order valence-corrected chi connectivity index (χ0v) is 16.3. The van der Waals surface area contributed by atoms with Crippen LogP contribution in [0.1, 0.15) is 17.0 Å². The van der Waals surface area contributed by atoms with Gasteiger partial charge in [0, 0.05) is 4.47 Å². The fourth-order valence-electron chi connectivity index (χ4n) is 3.04. The molecule has 3 nitrogen and oxygen atoms in total. The minimum Gasteiger partial charge on any atom is -0.268 e. The predicted octanol–water partition coefficient (Wildman–Crippen LogP) is 5.63.